The lowest BCUT2D eigenvalue weighted by atomic mass is 9.66. The number of hydrogen-bond donors (Lipinski definition) is 1. The van der Waals surface area contributed by atoms with Crippen LogP contribution < -0.4 is 4.74 Å². The second kappa shape index (κ2) is 14.8. The van der Waals surface area contributed by atoms with Crippen LogP contribution >= 0.6 is 0 Å². The summed E-state index contributed by atoms with van der Waals surface area (Å²) in [7, 11) is 0. The summed E-state index contributed by atoms with van der Waals surface area (Å²) < 4.78 is 12.5. The summed E-state index contributed by atoms with van der Waals surface area (Å²) in [6.07, 6.45) is 17.5. The maximum absolute atomic E-state index is 13.0. The first-order valence-electron chi connectivity index (χ1n) is 16.4. The van der Waals surface area contributed by atoms with Crippen molar-refractivity contribution in [2.45, 2.75) is 155 Å². The molecular weight excluding hydrogens is 496 g/mol. The van der Waals surface area contributed by atoms with E-state index in [4.69, 9.17) is 9.47 Å². The average Bonchev–Trinajstić information content (AvgIpc) is 2.90. The number of phenolic OH excluding ortho intramolecular Hbond substituents is 1. The van der Waals surface area contributed by atoms with Gasteiger partial charge in [-0.3, -0.25) is 4.79 Å². The molecule has 0 fully saturated rings. The largest absolute Gasteiger partial charge is 0.508 e. The number of allylic oxidation sites excluding steroid dienone is 1. The highest BCUT2D eigenvalue weighted by Crippen LogP contribution is 2.55. The Hall–Kier alpha value is -1.97. The predicted octanol–water partition coefficient (Wildman–Crippen LogP) is 10.2. The van der Waals surface area contributed by atoms with Gasteiger partial charge in [-0.1, -0.05) is 98.5 Å². The van der Waals surface area contributed by atoms with Crippen LogP contribution in [0.5, 0.6) is 11.5 Å². The molecule has 1 aromatic rings. The first kappa shape index (κ1) is 32.5. The van der Waals surface area contributed by atoms with Crippen molar-refractivity contribution in [1.82, 2.24) is 0 Å². The van der Waals surface area contributed by atoms with Crippen molar-refractivity contribution in [3.8, 4) is 11.5 Å². The van der Waals surface area contributed by atoms with Gasteiger partial charge in [-0.15, -0.1) is 0 Å². The van der Waals surface area contributed by atoms with Crippen LogP contribution in [0.3, 0.4) is 0 Å². The Morgan fingerprint density at radius 3 is 2.40 bits per heavy atom. The fraction of sp³-hybridized carbons (Fsp3) is 0.750. The molecular formula is C36H58O4. The normalized spacial score (nSPS) is 20.6. The maximum Gasteiger partial charge on any atom is 0.309 e. The van der Waals surface area contributed by atoms with Crippen molar-refractivity contribution in [3.05, 3.63) is 34.9 Å². The van der Waals surface area contributed by atoms with E-state index in [2.05, 4.69) is 60.6 Å². The van der Waals surface area contributed by atoms with E-state index >= 15 is 0 Å². The molecule has 3 rings (SSSR count). The Kier molecular flexibility index (Phi) is 12.0. The zero-order valence-electron chi connectivity index (χ0n) is 26.7. The number of carbonyl (C=O) groups is 1. The second-order valence-electron chi connectivity index (χ2n) is 13.8. The van der Waals surface area contributed by atoms with E-state index in [-0.39, 0.29) is 34.7 Å². The van der Waals surface area contributed by atoms with E-state index in [1.807, 2.05) is 6.07 Å². The molecule has 226 valence electrons. The summed E-state index contributed by atoms with van der Waals surface area (Å²) in [6.45, 7) is 15.9. The minimum atomic E-state index is -0.336. The highest BCUT2D eigenvalue weighted by molar-refractivity contribution is 5.72. The van der Waals surface area contributed by atoms with Crippen molar-refractivity contribution in [2.75, 3.05) is 6.61 Å². The quantitative estimate of drug-likeness (QED) is 0.125. The lowest BCUT2D eigenvalue weighted by molar-refractivity contribution is -0.148. The van der Waals surface area contributed by atoms with Gasteiger partial charge in [-0.2, -0.15) is 0 Å². The molecule has 1 N–H and O–H groups in total. The van der Waals surface area contributed by atoms with Crippen LogP contribution in [0.1, 0.15) is 155 Å². The number of fused-ring (bicyclic) bond motifs is 3. The summed E-state index contributed by atoms with van der Waals surface area (Å²) >= 11 is 0. The third-order valence-electron chi connectivity index (χ3n) is 9.60. The summed E-state index contributed by atoms with van der Waals surface area (Å²) in [5.41, 5.74) is 2.89. The number of phenols is 1. The number of carbonyl (C=O) groups excluding carboxylic acids is 1. The number of ether oxygens (including phenoxy) is 2. The van der Waals surface area contributed by atoms with Gasteiger partial charge in [-0.05, 0) is 74.6 Å². The van der Waals surface area contributed by atoms with Crippen LogP contribution in [0.2, 0.25) is 0 Å². The van der Waals surface area contributed by atoms with Crippen molar-refractivity contribution in [1.29, 1.82) is 0 Å². The molecule has 1 heterocycles. The van der Waals surface area contributed by atoms with Gasteiger partial charge < -0.3 is 14.6 Å². The first-order chi connectivity index (χ1) is 19.0. The van der Waals surface area contributed by atoms with Crippen LogP contribution in [0.4, 0.5) is 0 Å². The minimum absolute atomic E-state index is 0.00864. The molecule has 0 saturated heterocycles. The molecule has 0 aromatic heterocycles. The topological polar surface area (TPSA) is 55.8 Å². The van der Waals surface area contributed by atoms with E-state index in [0.717, 1.165) is 61.8 Å². The van der Waals surface area contributed by atoms with Crippen LogP contribution in [-0.2, 0) is 14.9 Å². The molecule has 0 amide bonds. The molecule has 0 bridgehead atoms. The number of rotatable bonds is 16. The lowest BCUT2D eigenvalue weighted by Crippen LogP contribution is -2.45. The van der Waals surface area contributed by atoms with E-state index in [1.165, 1.54) is 50.5 Å². The van der Waals surface area contributed by atoms with Crippen LogP contribution in [0, 0.1) is 11.8 Å². The third kappa shape index (κ3) is 8.29. The van der Waals surface area contributed by atoms with Crippen molar-refractivity contribution in [3.63, 3.8) is 0 Å². The number of benzene rings is 1. The lowest BCUT2D eigenvalue weighted by Gasteiger charge is -2.47. The number of hydrogen-bond acceptors (Lipinski definition) is 4. The molecule has 2 aliphatic rings. The van der Waals surface area contributed by atoms with Gasteiger partial charge in [0.1, 0.15) is 23.7 Å². The molecule has 1 aliphatic heterocycles. The Balaban J connectivity index is 1.73. The Bertz CT molecular complexity index is 989. The summed E-state index contributed by atoms with van der Waals surface area (Å²) in [6, 6.07) is 4.18. The smallest absolute Gasteiger partial charge is 0.309 e. The minimum Gasteiger partial charge on any atom is -0.508 e. The zero-order valence-corrected chi connectivity index (χ0v) is 26.7. The fourth-order valence-electron chi connectivity index (χ4n) is 6.94. The predicted molar refractivity (Wildman–Crippen MR) is 166 cm³/mol. The molecule has 4 nitrogen and oxygen atoms in total. The van der Waals surface area contributed by atoms with Crippen LogP contribution in [0.25, 0.3) is 0 Å². The van der Waals surface area contributed by atoms with Crippen molar-refractivity contribution < 1.29 is 19.4 Å². The summed E-state index contributed by atoms with van der Waals surface area (Å²) in [5.74, 6) is 1.57. The second-order valence-corrected chi connectivity index (χ2v) is 13.8. The molecule has 40 heavy (non-hydrogen) atoms. The number of esters is 1. The van der Waals surface area contributed by atoms with Gasteiger partial charge in [-0.25, -0.2) is 0 Å². The standard InChI is InChI=1S/C36H58O4/c1-8-11-13-15-18-27(17-10-3)34(38)39-25-26-19-20-30-29(22-26)33-31(37)23-28(24-32(33)40-36(30,6)7)35(4,5)21-16-14-12-9-2/h19,23-24,27,29-30,37H,8-18,20-22,25H2,1-7H3/t27?,29?,30-/m0/s1. The van der Waals surface area contributed by atoms with Crippen LogP contribution in [0.15, 0.2) is 23.8 Å². The summed E-state index contributed by atoms with van der Waals surface area (Å²) in [4.78, 5) is 13.0. The molecule has 3 atom stereocenters. The van der Waals surface area contributed by atoms with Gasteiger partial charge in [0.2, 0.25) is 0 Å². The zero-order chi connectivity index (χ0) is 29.3. The molecule has 0 spiro atoms. The molecule has 1 aromatic carbocycles. The monoisotopic (exact) mass is 554 g/mol. The first-order valence-corrected chi connectivity index (χ1v) is 16.4. The van der Waals surface area contributed by atoms with Gasteiger partial charge in [0, 0.05) is 17.4 Å². The third-order valence-corrected chi connectivity index (χ3v) is 9.60. The van der Waals surface area contributed by atoms with E-state index < -0.39 is 0 Å². The van der Waals surface area contributed by atoms with Gasteiger partial charge in [0.25, 0.3) is 0 Å². The number of unbranched alkanes of at least 4 members (excludes halogenated alkanes) is 6. The van der Waals surface area contributed by atoms with Gasteiger partial charge in [0.05, 0.1) is 5.92 Å². The molecule has 0 radical (unpaired) electrons. The molecule has 4 heteroatoms. The van der Waals surface area contributed by atoms with Crippen LogP contribution in [-0.4, -0.2) is 23.3 Å². The van der Waals surface area contributed by atoms with E-state index in [1.54, 1.807) is 0 Å². The Morgan fingerprint density at radius 1 is 1.02 bits per heavy atom. The van der Waals surface area contributed by atoms with Crippen molar-refractivity contribution >= 4 is 5.97 Å². The fourth-order valence-corrected chi connectivity index (χ4v) is 6.94. The maximum atomic E-state index is 13.0. The Labute approximate surface area is 245 Å². The average molecular weight is 555 g/mol. The molecule has 1 aliphatic carbocycles. The molecule has 2 unspecified atom stereocenters. The SMILES string of the molecule is CCCCCCC(CCC)C(=O)OCC1=CC[C@H]2C(C1)c1c(O)cc(C(C)(C)CCCCCC)cc1OC2(C)C. The highest BCUT2D eigenvalue weighted by atomic mass is 16.5. The van der Waals surface area contributed by atoms with E-state index in [0.29, 0.717) is 12.4 Å². The van der Waals surface area contributed by atoms with Gasteiger partial charge in [0.15, 0.2) is 0 Å². The van der Waals surface area contributed by atoms with Crippen molar-refractivity contribution in [2.24, 2.45) is 11.8 Å². The van der Waals surface area contributed by atoms with Gasteiger partial charge >= 0.3 is 5.97 Å². The number of aromatic hydroxyl groups is 1. The van der Waals surface area contributed by atoms with E-state index in [9.17, 15) is 9.90 Å². The summed E-state index contributed by atoms with van der Waals surface area (Å²) in [5, 5.41) is 11.4. The Morgan fingerprint density at radius 2 is 1.73 bits per heavy atom. The highest BCUT2D eigenvalue weighted by Gasteiger charge is 2.46. The molecule has 0 saturated carbocycles.